The highest BCUT2D eigenvalue weighted by atomic mass is 32.2. The zero-order valence-electron chi connectivity index (χ0n) is 10.1. The normalized spacial score (nSPS) is 13.6. The van der Waals surface area contributed by atoms with Crippen LogP contribution in [-0.2, 0) is 14.6 Å². The molecule has 96 valence electrons. The number of carboxylic acids is 1. The molecule has 0 bridgehead atoms. The van der Waals surface area contributed by atoms with Crippen LogP contribution in [-0.4, -0.2) is 30.5 Å². The third-order valence-corrected chi connectivity index (χ3v) is 4.87. The van der Waals surface area contributed by atoms with Gasteiger partial charge in [0, 0.05) is 0 Å². The molecule has 1 atom stereocenters. The molecule has 0 aromatic heterocycles. The van der Waals surface area contributed by atoms with Crippen molar-refractivity contribution in [3.63, 3.8) is 0 Å². The van der Waals surface area contributed by atoms with Gasteiger partial charge in [-0.25, -0.2) is 8.42 Å². The summed E-state index contributed by atoms with van der Waals surface area (Å²) in [6.45, 7) is 3.68. The van der Waals surface area contributed by atoms with Crippen LogP contribution in [0.25, 0.3) is 0 Å². The van der Waals surface area contributed by atoms with Crippen molar-refractivity contribution in [3.05, 3.63) is 0 Å². The molecule has 0 saturated carbocycles. The molecule has 0 spiro atoms. The molecule has 0 aromatic carbocycles. The van der Waals surface area contributed by atoms with Gasteiger partial charge in [0.25, 0.3) is 0 Å². The first-order valence-corrected chi connectivity index (χ1v) is 7.61. The third kappa shape index (κ3) is 5.49. The first-order valence-electron chi connectivity index (χ1n) is 5.90. The van der Waals surface area contributed by atoms with Crippen LogP contribution in [0.3, 0.4) is 0 Å². The standard InChI is InChI=1S/C11H22O4S/c1-3-5-6-7-8-9-16(14,15)10(4-2)11(12)13/h10H,3-9H2,1-2H3,(H,12,13). The van der Waals surface area contributed by atoms with E-state index >= 15 is 0 Å². The maximum Gasteiger partial charge on any atom is 0.321 e. The fraction of sp³-hybridized carbons (Fsp3) is 0.909. The Morgan fingerprint density at radius 1 is 1.12 bits per heavy atom. The van der Waals surface area contributed by atoms with Gasteiger partial charge in [0.2, 0.25) is 0 Å². The molecule has 1 N–H and O–H groups in total. The van der Waals surface area contributed by atoms with Crippen molar-refractivity contribution in [2.24, 2.45) is 0 Å². The summed E-state index contributed by atoms with van der Waals surface area (Å²) >= 11 is 0. The van der Waals surface area contributed by atoms with Gasteiger partial charge in [-0.05, 0) is 12.8 Å². The highest BCUT2D eigenvalue weighted by Crippen LogP contribution is 2.11. The summed E-state index contributed by atoms with van der Waals surface area (Å²) in [5.74, 6) is -1.22. The van der Waals surface area contributed by atoms with Crippen LogP contribution in [0.1, 0.15) is 52.4 Å². The number of carboxylic acid groups (broad SMARTS) is 1. The number of rotatable bonds is 9. The molecule has 0 radical (unpaired) electrons. The second-order valence-electron chi connectivity index (χ2n) is 4.02. The maximum absolute atomic E-state index is 11.7. The van der Waals surface area contributed by atoms with Crippen LogP contribution in [0.2, 0.25) is 0 Å². The van der Waals surface area contributed by atoms with Crippen molar-refractivity contribution in [1.82, 2.24) is 0 Å². The van der Waals surface area contributed by atoms with Gasteiger partial charge in [-0.2, -0.15) is 0 Å². The van der Waals surface area contributed by atoms with E-state index < -0.39 is 21.1 Å². The lowest BCUT2D eigenvalue weighted by molar-refractivity contribution is -0.136. The van der Waals surface area contributed by atoms with Gasteiger partial charge >= 0.3 is 5.97 Å². The zero-order chi connectivity index (χ0) is 12.6. The molecule has 16 heavy (non-hydrogen) atoms. The number of carbonyl (C=O) groups is 1. The minimum Gasteiger partial charge on any atom is -0.480 e. The summed E-state index contributed by atoms with van der Waals surface area (Å²) in [6.07, 6.45) is 4.83. The average Bonchev–Trinajstić information content (AvgIpc) is 2.17. The maximum atomic E-state index is 11.7. The Morgan fingerprint density at radius 3 is 2.12 bits per heavy atom. The zero-order valence-corrected chi connectivity index (χ0v) is 10.9. The van der Waals surface area contributed by atoms with Crippen LogP contribution in [0.4, 0.5) is 0 Å². The van der Waals surface area contributed by atoms with E-state index in [9.17, 15) is 13.2 Å². The van der Waals surface area contributed by atoms with Crippen molar-refractivity contribution in [1.29, 1.82) is 0 Å². The van der Waals surface area contributed by atoms with E-state index in [-0.39, 0.29) is 12.2 Å². The van der Waals surface area contributed by atoms with Gasteiger partial charge < -0.3 is 5.11 Å². The van der Waals surface area contributed by atoms with Crippen molar-refractivity contribution in [2.75, 3.05) is 5.75 Å². The van der Waals surface area contributed by atoms with Gasteiger partial charge in [-0.15, -0.1) is 0 Å². The minimum atomic E-state index is -3.46. The molecule has 0 aliphatic carbocycles. The van der Waals surface area contributed by atoms with Gasteiger partial charge in [0.1, 0.15) is 0 Å². The molecule has 0 aliphatic rings. The quantitative estimate of drug-likeness (QED) is 0.637. The lowest BCUT2D eigenvalue weighted by Gasteiger charge is -2.10. The second-order valence-corrected chi connectivity index (χ2v) is 6.32. The van der Waals surface area contributed by atoms with E-state index in [0.29, 0.717) is 6.42 Å². The summed E-state index contributed by atoms with van der Waals surface area (Å²) in [7, 11) is -3.46. The smallest absolute Gasteiger partial charge is 0.321 e. The van der Waals surface area contributed by atoms with E-state index in [2.05, 4.69) is 6.92 Å². The predicted octanol–water partition coefficient (Wildman–Crippen LogP) is 2.23. The first-order chi connectivity index (χ1) is 7.45. The van der Waals surface area contributed by atoms with Crippen molar-refractivity contribution in [3.8, 4) is 0 Å². The summed E-state index contributed by atoms with van der Waals surface area (Å²) in [5.41, 5.74) is 0. The highest BCUT2D eigenvalue weighted by Gasteiger charge is 2.29. The predicted molar refractivity (Wildman–Crippen MR) is 64.3 cm³/mol. The first kappa shape index (κ1) is 15.4. The van der Waals surface area contributed by atoms with E-state index in [4.69, 9.17) is 5.11 Å². The minimum absolute atomic E-state index is 0.00151. The second kappa shape index (κ2) is 7.65. The van der Waals surface area contributed by atoms with Gasteiger partial charge in [-0.1, -0.05) is 39.5 Å². The Balaban J connectivity index is 4.09. The van der Waals surface area contributed by atoms with Gasteiger partial charge in [-0.3, -0.25) is 4.79 Å². The molecule has 5 heteroatoms. The Hall–Kier alpha value is -0.580. The average molecular weight is 250 g/mol. The van der Waals surface area contributed by atoms with Crippen molar-refractivity contribution < 1.29 is 18.3 Å². The fourth-order valence-electron chi connectivity index (χ4n) is 1.63. The van der Waals surface area contributed by atoms with Crippen LogP contribution < -0.4 is 0 Å². The SMILES string of the molecule is CCCCCCCS(=O)(=O)C(CC)C(=O)O. The van der Waals surface area contributed by atoms with Gasteiger partial charge in [0.15, 0.2) is 15.1 Å². The number of hydrogen-bond donors (Lipinski definition) is 1. The topological polar surface area (TPSA) is 71.4 Å². The molecule has 0 saturated heterocycles. The number of sulfone groups is 1. The van der Waals surface area contributed by atoms with E-state index in [1.807, 2.05) is 0 Å². The van der Waals surface area contributed by atoms with Gasteiger partial charge in [0.05, 0.1) is 5.75 Å². The largest absolute Gasteiger partial charge is 0.480 e. The van der Waals surface area contributed by atoms with E-state index in [0.717, 1.165) is 25.7 Å². The van der Waals surface area contributed by atoms with Crippen LogP contribution >= 0.6 is 0 Å². The Bertz CT molecular complexity index is 295. The Morgan fingerprint density at radius 2 is 1.69 bits per heavy atom. The monoisotopic (exact) mass is 250 g/mol. The lowest BCUT2D eigenvalue weighted by atomic mass is 10.2. The molecule has 0 rings (SSSR count). The molecule has 0 aliphatic heterocycles. The van der Waals surface area contributed by atoms with Crippen molar-refractivity contribution in [2.45, 2.75) is 57.6 Å². The number of aliphatic carboxylic acids is 1. The van der Waals surface area contributed by atoms with Crippen LogP contribution in [0, 0.1) is 0 Å². The van der Waals surface area contributed by atoms with Crippen molar-refractivity contribution >= 4 is 15.8 Å². The summed E-state index contributed by atoms with van der Waals surface area (Å²) in [6, 6.07) is 0. The number of unbranched alkanes of at least 4 members (excludes halogenated alkanes) is 4. The Labute approximate surface area is 98.0 Å². The van der Waals surface area contributed by atoms with E-state index in [1.54, 1.807) is 6.92 Å². The van der Waals surface area contributed by atoms with Crippen LogP contribution in [0.5, 0.6) is 0 Å². The summed E-state index contributed by atoms with van der Waals surface area (Å²) < 4.78 is 23.3. The summed E-state index contributed by atoms with van der Waals surface area (Å²) in [5, 5.41) is 7.55. The molecule has 0 amide bonds. The molecule has 0 heterocycles. The lowest BCUT2D eigenvalue weighted by Crippen LogP contribution is -2.31. The number of hydrogen-bond acceptors (Lipinski definition) is 3. The Kier molecular flexibility index (Phi) is 7.38. The van der Waals surface area contributed by atoms with Crippen LogP contribution in [0.15, 0.2) is 0 Å². The molecule has 1 unspecified atom stereocenters. The summed E-state index contributed by atoms with van der Waals surface area (Å²) in [4.78, 5) is 10.7. The molecular weight excluding hydrogens is 228 g/mol. The molecular formula is C11H22O4S. The molecule has 0 fully saturated rings. The fourth-order valence-corrected chi connectivity index (χ4v) is 3.34. The third-order valence-electron chi connectivity index (χ3n) is 2.61. The molecule has 4 nitrogen and oxygen atoms in total. The highest BCUT2D eigenvalue weighted by molar-refractivity contribution is 7.92. The van der Waals surface area contributed by atoms with E-state index in [1.165, 1.54) is 0 Å². The molecule has 0 aromatic rings.